The zero-order chi connectivity index (χ0) is 22.5. The third-order valence-corrected chi connectivity index (χ3v) is 6.65. The highest BCUT2D eigenvalue weighted by molar-refractivity contribution is 7.99. The number of aryl methyl sites for hydroxylation is 1. The topological polar surface area (TPSA) is 73.2 Å². The number of fused-ring (bicyclic) bond motifs is 1. The number of hydrogen-bond acceptors (Lipinski definition) is 6. The van der Waals surface area contributed by atoms with E-state index in [4.69, 9.17) is 4.74 Å². The zero-order valence-electron chi connectivity index (χ0n) is 17.8. The molecule has 0 bridgehead atoms. The number of amides is 1. The van der Waals surface area contributed by atoms with E-state index in [2.05, 4.69) is 10.3 Å². The fourth-order valence-electron chi connectivity index (χ4n) is 3.22. The van der Waals surface area contributed by atoms with Crippen LogP contribution in [0.4, 0.5) is 5.69 Å². The fraction of sp³-hybridized carbons (Fsp3) is 0.208. The van der Waals surface area contributed by atoms with Crippen LogP contribution in [0.3, 0.4) is 0 Å². The molecule has 2 aromatic carbocycles. The predicted octanol–water partition coefficient (Wildman–Crippen LogP) is 4.94. The summed E-state index contributed by atoms with van der Waals surface area (Å²) in [5.41, 5.74) is 3.36. The number of carbonyl (C=O) groups excluding carboxylic acids is 1. The Bertz CT molecular complexity index is 1300. The maximum Gasteiger partial charge on any atom is 0.272 e. The van der Waals surface area contributed by atoms with Crippen LogP contribution in [0.2, 0.25) is 0 Å². The summed E-state index contributed by atoms with van der Waals surface area (Å²) < 4.78 is 7.84. The van der Waals surface area contributed by atoms with Crippen LogP contribution in [0.15, 0.2) is 69.9 Å². The molecule has 4 rings (SSSR count). The number of para-hydroxylation sites is 2. The SMILES string of the molecule is CCOc1ccccc1NC(=O)CSc1nc2ccsc2c(=O)n1Cc1ccc(C)cc1. The molecule has 0 fully saturated rings. The number of thioether (sulfide) groups is 1. The highest BCUT2D eigenvalue weighted by atomic mass is 32.2. The molecule has 0 aliphatic rings. The summed E-state index contributed by atoms with van der Waals surface area (Å²) in [5.74, 6) is 0.558. The Morgan fingerprint density at radius 3 is 2.72 bits per heavy atom. The Hall–Kier alpha value is -3.10. The monoisotopic (exact) mass is 465 g/mol. The molecule has 0 saturated heterocycles. The number of nitrogens with one attached hydrogen (secondary N) is 1. The van der Waals surface area contributed by atoms with Crippen LogP contribution >= 0.6 is 23.1 Å². The number of benzene rings is 2. The van der Waals surface area contributed by atoms with Gasteiger partial charge in [-0.2, -0.15) is 0 Å². The highest BCUT2D eigenvalue weighted by Crippen LogP contribution is 2.25. The lowest BCUT2D eigenvalue weighted by Gasteiger charge is -2.13. The normalized spacial score (nSPS) is 10.9. The van der Waals surface area contributed by atoms with E-state index in [1.807, 2.05) is 67.8 Å². The van der Waals surface area contributed by atoms with Gasteiger partial charge in [-0.05, 0) is 43.0 Å². The first kappa shape index (κ1) is 22.1. The number of anilines is 1. The minimum atomic E-state index is -0.191. The van der Waals surface area contributed by atoms with Gasteiger partial charge in [-0.25, -0.2) is 4.98 Å². The quantitative estimate of drug-likeness (QED) is 0.295. The molecule has 0 atom stereocenters. The number of rotatable bonds is 8. The van der Waals surface area contributed by atoms with Crippen molar-refractivity contribution in [1.29, 1.82) is 0 Å². The Morgan fingerprint density at radius 1 is 1.16 bits per heavy atom. The van der Waals surface area contributed by atoms with Crippen LogP contribution < -0.4 is 15.6 Å². The van der Waals surface area contributed by atoms with Gasteiger partial charge in [0, 0.05) is 0 Å². The highest BCUT2D eigenvalue weighted by Gasteiger charge is 2.15. The number of carbonyl (C=O) groups is 1. The van der Waals surface area contributed by atoms with Gasteiger partial charge >= 0.3 is 0 Å². The lowest BCUT2D eigenvalue weighted by Crippen LogP contribution is -2.24. The summed E-state index contributed by atoms with van der Waals surface area (Å²) >= 11 is 2.64. The van der Waals surface area contributed by atoms with Crippen LogP contribution in [0.5, 0.6) is 5.75 Å². The molecule has 0 radical (unpaired) electrons. The van der Waals surface area contributed by atoms with Gasteiger partial charge in [0.15, 0.2) is 5.16 Å². The summed E-state index contributed by atoms with van der Waals surface area (Å²) in [6.07, 6.45) is 0. The molecule has 0 unspecified atom stereocenters. The van der Waals surface area contributed by atoms with Crippen molar-refractivity contribution in [3.63, 3.8) is 0 Å². The van der Waals surface area contributed by atoms with Crippen LogP contribution in [0, 0.1) is 6.92 Å². The Balaban J connectivity index is 1.56. The summed E-state index contributed by atoms with van der Waals surface area (Å²) in [4.78, 5) is 30.5. The molecule has 32 heavy (non-hydrogen) atoms. The first-order chi connectivity index (χ1) is 15.5. The summed E-state index contributed by atoms with van der Waals surface area (Å²) in [7, 11) is 0. The first-order valence-electron chi connectivity index (χ1n) is 10.2. The molecule has 0 aliphatic carbocycles. The largest absolute Gasteiger partial charge is 0.492 e. The molecule has 8 heteroatoms. The second-order valence-electron chi connectivity index (χ2n) is 7.17. The van der Waals surface area contributed by atoms with Crippen LogP contribution in [-0.4, -0.2) is 27.8 Å². The van der Waals surface area contributed by atoms with Gasteiger partial charge in [0.25, 0.3) is 5.56 Å². The van der Waals surface area contributed by atoms with Gasteiger partial charge in [0.05, 0.1) is 30.1 Å². The molecule has 2 heterocycles. The number of thiophene rings is 1. The zero-order valence-corrected chi connectivity index (χ0v) is 19.5. The smallest absolute Gasteiger partial charge is 0.272 e. The third kappa shape index (κ3) is 5.03. The number of hydrogen-bond donors (Lipinski definition) is 1. The van der Waals surface area contributed by atoms with Gasteiger partial charge in [0.2, 0.25) is 5.91 Å². The second-order valence-corrected chi connectivity index (χ2v) is 9.03. The van der Waals surface area contributed by atoms with E-state index < -0.39 is 0 Å². The van der Waals surface area contributed by atoms with Crippen LogP contribution in [0.1, 0.15) is 18.1 Å². The van der Waals surface area contributed by atoms with Crippen molar-refractivity contribution in [2.45, 2.75) is 25.5 Å². The number of aromatic nitrogens is 2. The molecule has 0 spiro atoms. The Morgan fingerprint density at radius 2 is 1.94 bits per heavy atom. The van der Waals surface area contributed by atoms with Crippen molar-refractivity contribution in [1.82, 2.24) is 9.55 Å². The molecule has 0 aliphatic heterocycles. The molecule has 164 valence electrons. The molecular formula is C24H23N3O3S2. The van der Waals surface area contributed by atoms with E-state index in [-0.39, 0.29) is 17.2 Å². The minimum Gasteiger partial charge on any atom is -0.492 e. The van der Waals surface area contributed by atoms with E-state index in [1.54, 1.807) is 10.6 Å². The lowest BCUT2D eigenvalue weighted by atomic mass is 10.1. The van der Waals surface area contributed by atoms with Gasteiger partial charge in [-0.3, -0.25) is 14.2 Å². The van der Waals surface area contributed by atoms with Gasteiger partial charge < -0.3 is 10.1 Å². The van der Waals surface area contributed by atoms with E-state index in [0.29, 0.717) is 40.0 Å². The van der Waals surface area contributed by atoms with E-state index >= 15 is 0 Å². The van der Waals surface area contributed by atoms with Crippen molar-refractivity contribution >= 4 is 44.9 Å². The molecule has 2 aromatic heterocycles. The first-order valence-corrected chi connectivity index (χ1v) is 12.1. The Kier molecular flexibility index (Phi) is 6.92. The van der Waals surface area contributed by atoms with Crippen LogP contribution in [0.25, 0.3) is 10.2 Å². The number of nitrogens with zero attached hydrogens (tertiary/aromatic N) is 2. The van der Waals surface area contributed by atoms with Crippen molar-refractivity contribution in [2.24, 2.45) is 0 Å². The van der Waals surface area contributed by atoms with E-state index in [9.17, 15) is 9.59 Å². The van der Waals surface area contributed by atoms with Crippen molar-refractivity contribution in [3.8, 4) is 5.75 Å². The minimum absolute atomic E-state index is 0.0878. The van der Waals surface area contributed by atoms with E-state index in [0.717, 1.165) is 11.1 Å². The summed E-state index contributed by atoms with van der Waals surface area (Å²) in [6.45, 7) is 4.83. The fourth-order valence-corrected chi connectivity index (χ4v) is 4.79. The maximum atomic E-state index is 13.1. The molecular weight excluding hydrogens is 442 g/mol. The van der Waals surface area contributed by atoms with Gasteiger partial charge in [-0.15, -0.1) is 11.3 Å². The van der Waals surface area contributed by atoms with Crippen molar-refractivity contribution in [2.75, 3.05) is 17.7 Å². The van der Waals surface area contributed by atoms with Crippen molar-refractivity contribution < 1.29 is 9.53 Å². The van der Waals surface area contributed by atoms with Crippen molar-refractivity contribution in [3.05, 3.63) is 81.5 Å². The number of ether oxygens (including phenoxy) is 1. The standard InChI is InChI=1S/C24H23N3O3S2/c1-3-30-20-7-5-4-6-18(20)25-21(28)15-32-24-26-19-12-13-31-22(19)23(29)27(24)14-17-10-8-16(2)9-11-17/h4-13H,3,14-15H2,1-2H3,(H,25,28). The molecule has 1 N–H and O–H groups in total. The van der Waals surface area contributed by atoms with Crippen LogP contribution in [-0.2, 0) is 11.3 Å². The molecule has 6 nitrogen and oxygen atoms in total. The van der Waals surface area contributed by atoms with Gasteiger partial charge in [0.1, 0.15) is 10.4 Å². The Labute approximate surface area is 194 Å². The summed E-state index contributed by atoms with van der Waals surface area (Å²) in [5, 5.41) is 5.27. The maximum absolute atomic E-state index is 13.1. The lowest BCUT2D eigenvalue weighted by molar-refractivity contribution is -0.113. The average molecular weight is 466 g/mol. The van der Waals surface area contributed by atoms with E-state index in [1.165, 1.54) is 23.1 Å². The summed E-state index contributed by atoms with van der Waals surface area (Å²) in [6, 6.07) is 17.2. The molecule has 0 saturated carbocycles. The average Bonchev–Trinajstić information content (AvgIpc) is 3.26. The molecule has 4 aromatic rings. The predicted molar refractivity (Wildman–Crippen MR) is 131 cm³/mol. The third-order valence-electron chi connectivity index (χ3n) is 4.79. The second kappa shape index (κ2) is 10.0. The van der Waals surface area contributed by atoms with Gasteiger partial charge in [-0.1, -0.05) is 53.7 Å². The molecule has 1 amide bonds.